The van der Waals surface area contributed by atoms with E-state index in [1.807, 2.05) is 25.1 Å². The lowest BCUT2D eigenvalue weighted by molar-refractivity contribution is -0.115. The molecule has 2 aromatic carbocycles. The second-order valence-corrected chi connectivity index (χ2v) is 5.11. The molecule has 5 heteroatoms. The van der Waals surface area contributed by atoms with Crippen molar-refractivity contribution in [2.45, 2.75) is 13.3 Å². The molecule has 122 valence electrons. The lowest BCUT2D eigenvalue weighted by Crippen LogP contribution is -2.15. The van der Waals surface area contributed by atoms with E-state index in [0.717, 1.165) is 11.1 Å². The van der Waals surface area contributed by atoms with Crippen LogP contribution in [0.4, 0.5) is 5.69 Å². The average Bonchev–Trinajstić information content (AvgIpc) is 2.54. The maximum atomic E-state index is 12.3. The van der Waals surface area contributed by atoms with Crippen LogP contribution < -0.4 is 19.5 Å². The first-order valence-electron chi connectivity index (χ1n) is 7.22. The predicted molar refractivity (Wildman–Crippen MR) is 89.6 cm³/mol. The van der Waals surface area contributed by atoms with Crippen LogP contribution in [-0.4, -0.2) is 27.2 Å². The van der Waals surface area contributed by atoms with Crippen LogP contribution >= 0.6 is 0 Å². The fraction of sp³-hybridized carbons (Fsp3) is 0.278. The number of carbonyl (C=O) groups excluding carboxylic acids is 1. The number of ether oxygens (including phenoxy) is 3. The average molecular weight is 315 g/mol. The Kier molecular flexibility index (Phi) is 5.46. The molecule has 5 nitrogen and oxygen atoms in total. The van der Waals surface area contributed by atoms with E-state index in [4.69, 9.17) is 14.2 Å². The van der Waals surface area contributed by atoms with E-state index in [0.29, 0.717) is 22.9 Å². The van der Waals surface area contributed by atoms with Gasteiger partial charge in [-0.05, 0) is 25.1 Å². The van der Waals surface area contributed by atoms with E-state index in [2.05, 4.69) is 5.32 Å². The fourth-order valence-electron chi connectivity index (χ4n) is 2.34. The molecule has 0 aromatic heterocycles. The van der Waals surface area contributed by atoms with E-state index in [9.17, 15) is 4.79 Å². The van der Waals surface area contributed by atoms with Gasteiger partial charge in [-0.3, -0.25) is 4.79 Å². The van der Waals surface area contributed by atoms with Crippen LogP contribution in [0.3, 0.4) is 0 Å². The van der Waals surface area contributed by atoms with Crippen molar-refractivity contribution in [1.82, 2.24) is 0 Å². The van der Waals surface area contributed by atoms with Crippen LogP contribution in [0.2, 0.25) is 0 Å². The maximum Gasteiger partial charge on any atom is 0.228 e. The Morgan fingerprint density at radius 1 is 0.913 bits per heavy atom. The topological polar surface area (TPSA) is 56.8 Å². The van der Waals surface area contributed by atoms with Gasteiger partial charge in [-0.1, -0.05) is 17.7 Å². The summed E-state index contributed by atoms with van der Waals surface area (Å²) in [5.74, 6) is 1.77. The summed E-state index contributed by atoms with van der Waals surface area (Å²) < 4.78 is 15.7. The number of hydrogen-bond acceptors (Lipinski definition) is 4. The van der Waals surface area contributed by atoms with E-state index < -0.39 is 0 Å². The van der Waals surface area contributed by atoms with E-state index in [1.54, 1.807) is 39.5 Å². The standard InChI is InChI=1S/C18H21NO4/c1-12-5-7-15(21-2)13(9-12)10-18(20)19-14-6-8-16(22-3)17(11-14)23-4/h5-9,11H,10H2,1-4H3,(H,19,20). The van der Waals surface area contributed by atoms with Crippen molar-refractivity contribution >= 4 is 11.6 Å². The Morgan fingerprint density at radius 2 is 1.57 bits per heavy atom. The molecule has 2 rings (SSSR count). The first kappa shape index (κ1) is 16.7. The van der Waals surface area contributed by atoms with Gasteiger partial charge in [-0.15, -0.1) is 0 Å². The largest absolute Gasteiger partial charge is 0.496 e. The molecule has 0 fully saturated rings. The number of hydrogen-bond donors (Lipinski definition) is 1. The van der Waals surface area contributed by atoms with Crippen LogP contribution in [-0.2, 0) is 11.2 Å². The monoisotopic (exact) mass is 315 g/mol. The lowest BCUT2D eigenvalue weighted by Gasteiger charge is -2.12. The highest BCUT2D eigenvalue weighted by Crippen LogP contribution is 2.30. The molecule has 0 saturated carbocycles. The predicted octanol–water partition coefficient (Wildman–Crippen LogP) is 3.20. The molecule has 2 aromatic rings. The van der Waals surface area contributed by atoms with Gasteiger partial charge >= 0.3 is 0 Å². The molecule has 0 saturated heterocycles. The van der Waals surface area contributed by atoms with Gasteiger partial charge in [-0.2, -0.15) is 0 Å². The zero-order chi connectivity index (χ0) is 16.8. The molecule has 0 atom stereocenters. The third kappa shape index (κ3) is 4.16. The molecule has 0 spiro atoms. The minimum absolute atomic E-state index is 0.124. The zero-order valence-electron chi connectivity index (χ0n) is 13.8. The number of methoxy groups -OCH3 is 3. The summed E-state index contributed by atoms with van der Waals surface area (Å²) >= 11 is 0. The molecule has 0 bridgehead atoms. The van der Waals surface area contributed by atoms with E-state index >= 15 is 0 Å². The smallest absolute Gasteiger partial charge is 0.228 e. The highest BCUT2D eigenvalue weighted by Gasteiger charge is 2.11. The lowest BCUT2D eigenvalue weighted by atomic mass is 10.1. The summed E-state index contributed by atoms with van der Waals surface area (Å²) in [6.07, 6.45) is 0.235. The molecule has 0 aliphatic heterocycles. The third-order valence-corrected chi connectivity index (χ3v) is 3.45. The Bertz CT molecular complexity index is 697. The Morgan fingerprint density at radius 3 is 2.22 bits per heavy atom. The van der Waals surface area contributed by atoms with Crippen LogP contribution in [0.25, 0.3) is 0 Å². The number of aryl methyl sites for hydroxylation is 1. The van der Waals surface area contributed by atoms with Crippen molar-refractivity contribution in [3.05, 3.63) is 47.5 Å². The van der Waals surface area contributed by atoms with Gasteiger partial charge in [0.05, 0.1) is 27.8 Å². The van der Waals surface area contributed by atoms with E-state index in [-0.39, 0.29) is 12.3 Å². The number of benzene rings is 2. The highest BCUT2D eigenvalue weighted by atomic mass is 16.5. The third-order valence-electron chi connectivity index (χ3n) is 3.45. The van der Waals surface area contributed by atoms with Crippen molar-refractivity contribution < 1.29 is 19.0 Å². The SMILES string of the molecule is COc1ccc(C)cc1CC(=O)Nc1ccc(OC)c(OC)c1. The second kappa shape index (κ2) is 7.54. The van der Waals surface area contributed by atoms with E-state index in [1.165, 1.54) is 0 Å². The number of amides is 1. The Balaban J connectivity index is 2.12. The normalized spacial score (nSPS) is 10.1. The van der Waals surface area contributed by atoms with Crippen molar-refractivity contribution in [1.29, 1.82) is 0 Å². The van der Waals surface area contributed by atoms with Crippen LogP contribution in [0.1, 0.15) is 11.1 Å². The first-order valence-corrected chi connectivity index (χ1v) is 7.22. The minimum Gasteiger partial charge on any atom is -0.496 e. The van der Waals surface area contributed by atoms with Gasteiger partial charge in [0, 0.05) is 17.3 Å². The molecule has 0 aliphatic carbocycles. The summed E-state index contributed by atoms with van der Waals surface area (Å²) in [5.41, 5.74) is 2.59. The molecule has 1 N–H and O–H groups in total. The molecule has 0 unspecified atom stereocenters. The Hall–Kier alpha value is -2.69. The zero-order valence-corrected chi connectivity index (χ0v) is 13.8. The summed E-state index contributed by atoms with van der Waals surface area (Å²) in [4.78, 5) is 12.3. The van der Waals surface area contributed by atoms with Gasteiger partial charge in [0.1, 0.15) is 5.75 Å². The number of carbonyl (C=O) groups is 1. The quantitative estimate of drug-likeness (QED) is 0.889. The summed E-state index contributed by atoms with van der Waals surface area (Å²) in [7, 11) is 4.72. The molecular weight excluding hydrogens is 294 g/mol. The maximum absolute atomic E-state index is 12.3. The fourth-order valence-corrected chi connectivity index (χ4v) is 2.34. The van der Waals surface area contributed by atoms with Gasteiger partial charge < -0.3 is 19.5 Å². The van der Waals surface area contributed by atoms with Gasteiger partial charge in [-0.25, -0.2) is 0 Å². The van der Waals surface area contributed by atoms with Crippen molar-refractivity contribution in [2.75, 3.05) is 26.6 Å². The second-order valence-electron chi connectivity index (χ2n) is 5.11. The summed E-state index contributed by atoms with van der Waals surface area (Å²) in [6, 6.07) is 11.0. The molecular formula is C18H21NO4. The number of anilines is 1. The van der Waals surface area contributed by atoms with Gasteiger partial charge in [0.15, 0.2) is 11.5 Å². The van der Waals surface area contributed by atoms with Crippen molar-refractivity contribution in [3.8, 4) is 17.2 Å². The number of nitrogens with one attached hydrogen (secondary N) is 1. The highest BCUT2D eigenvalue weighted by molar-refractivity contribution is 5.93. The molecule has 23 heavy (non-hydrogen) atoms. The van der Waals surface area contributed by atoms with Crippen LogP contribution in [0.15, 0.2) is 36.4 Å². The van der Waals surface area contributed by atoms with Crippen LogP contribution in [0.5, 0.6) is 17.2 Å². The first-order chi connectivity index (χ1) is 11.1. The minimum atomic E-state index is -0.124. The molecule has 0 heterocycles. The molecule has 0 radical (unpaired) electrons. The molecule has 1 amide bonds. The summed E-state index contributed by atoms with van der Waals surface area (Å²) in [5, 5.41) is 2.86. The van der Waals surface area contributed by atoms with Crippen LogP contribution in [0, 0.1) is 6.92 Å². The van der Waals surface area contributed by atoms with Crippen molar-refractivity contribution in [2.24, 2.45) is 0 Å². The van der Waals surface area contributed by atoms with Gasteiger partial charge in [0.25, 0.3) is 0 Å². The number of rotatable bonds is 6. The van der Waals surface area contributed by atoms with Gasteiger partial charge in [0.2, 0.25) is 5.91 Å². The molecule has 0 aliphatic rings. The van der Waals surface area contributed by atoms with Crippen molar-refractivity contribution in [3.63, 3.8) is 0 Å². The summed E-state index contributed by atoms with van der Waals surface area (Å²) in [6.45, 7) is 1.98. The Labute approximate surface area is 136 Å².